The summed E-state index contributed by atoms with van der Waals surface area (Å²) in [6.45, 7) is 0.840. The van der Waals surface area contributed by atoms with Gasteiger partial charge in [-0.2, -0.15) is 0 Å². The van der Waals surface area contributed by atoms with Gasteiger partial charge in [0.2, 0.25) is 0 Å². The Morgan fingerprint density at radius 1 is 1.44 bits per heavy atom. The van der Waals surface area contributed by atoms with Crippen molar-refractivity contribution < 1.29 is 19.0 Å². The van der Waals surface area contributed by atoms with E-state index in [0.29, 0.717) is 29.5 Å². The van der Waals surface area contributed by atoms with Gasteiger partial charge in [0.1, 0.15) is 11.3 Å². The number of rotatable bonds is 6. The van der Waals surface area contributed by atoms with E-state index in [1.165, 1.54) is 26.0 Å². The number of nitrogens with two attached hydrogens (primary N) is 1. The van der Waals surface area contributed by atoms with Crippen molar-refractivity contribution in [2.45, 2.75) is 12.8 Å². The monoisotopic (exact) mass is 251 g/mol. The van der Waals surface area contributed by atoms with E-state index in [4.69, 9.17) is 15.2 Å². The van der Waals surface area contributed by atoms with Gasteiger partial charge < -0.3 is 19.9 Å². The Hall–Kier alpha value is -1.75. The maximum absolute atomic E-state index is 11.5. The number of hydrogen-bond acceptors (Lipinski definition) is 5. The topological polar surface area (TPSA) is 70.8 Å². The third-order valence-electron chi connectivity index (χ3n) is 2.76. The van der Waals surface area contributed by atoms with Crippen LogP contribution >= 0.6 is 0 Å². The number of methoxy groups -OCH3 is 1. The fourth-order valence-corrected chi connectivity index (χ4v) is 1.55. The summed E-state index contributed by atoms with van der Waals surface area (Å²) in [4.78, 5) is 11.5. The third-order valence-corrected chi connectivity index (χ3v) is 2.76. The van der Waals surface area contributed by atoms with Gasteiger partial charge in [-0.15, -0.1) is 0 Å². The molecule has 0 saturated heterocycles. The molecular formula is C13H17NO4. The van der Waals surface area contributed by atoms with Gasteiger partial charge in [-0.05, 0) is 37.0 Å². The highest BCUT2D eigenvalue weighted by Crippen LogP contribution is 2.29. The summed E-state index contributed by atoms with van der Waals surface area (Å²) < 4.78 is 15.4. The van der Waals surface area contributed by atoms with Crippen LogP contribution in [0.5, 0.6) is 5.75 Å². The van der Waals surface area contributed by atoms with Crippen LogP contribution < -0.4 is 10.5 Å². The van der Waals surface area contributed by atoms with Gasteiger partial charge in [-0.25, -0.2) is 4.79 Å². The van der Waals surface area contributed by atoms with Gasteiger partial charge in [0.15, 0.2) is 6.79 Å². The lowest BCUT2D eigenvalue weighted by molar-refractivity contribution is 0.00900. The Morgan fingerprint density at radius 3 is 2.89 bits per heavy atom. The molecule has 0 aromatic heterocycles. The number of nitrogen functional groups attached to an aromatic ring is 1. The third kappa shape index (κ3) is 3.37. The van der Waals surface area contributed by atoms with Crippen molar-refractivity contribution >= 4 is 11.7 Å². The molecule has 1 fully saturated rings. The van der Waals surface area contributed by atoms with Crippen molar-refractivity contribution in [2.24, 2.45) is 5.92 Å². The largest absolute Gasteiger partial charge is 0.467 e. The molecule has 0 radical (unpaired) electrons. The van der Waals surface area contributed by atoms with Crippen LogP contribution in [0, 0.1) is 5.92 Å². The van der Waals surface area contributed by atoms with Crippen molar-refractivity contribution in [1.82, 2.24) is 0 Å². The average molecular weight is 251 g/mol. The lowest BCUT2D eigenvalue weighted by atomic mass is 10.2. The molecule has 18 heavy (non-hydrogen) atoms. The Bertz CT molecular complexity index is 429. The molecule has 0 bridgehead atoms. The molecule has 0 unspecified atom stereocenters. The Balaban J connectivity index is 1.94. The van der Waals surface area contributed by atoms with E-state index in [9.17, 15) is 4.79 Å². The Labute approximate surface area is 106 Å². The highest BCUT2D eigenvalue weighted by Gasteiger charge is 2.21. The number of carbonyl (C=O) groups is 1. The number of esters is 1. The standard InChI is InChI=1S/C13H17NO4/c1-16-13(15)11-6-10(14)4-5-12(11)18-8-17-7-9-2-3-9/h4-6,9H,2-3,7-8,14H2,1H3. The molecule has 2 rings (SSSR count). The molecule has 0 spiro atoms. The maximum Gasteiger partial charge on any atom is 0.341 e. The van der Waals surface area contributed by atoms with Crippen LogP contribution in [0.25, 0.3) is 0 Å². The minimum Gasteiger partial charge on any atom is -0.467 e. The smallest absolute Gasteiger partial charge is 0.341 e. The maximum atomic E-state index is 11.5. The zero-order valence-corrected chi connectivity index (χ0v) is 10.3. The summed E-state index contributed by atoms with van der Waals surface area (Å²) in [6, 6.07) is 4.84. The summed E-state index contributed by atoms with van der Waals surface area (Å²) in [5.74, 6) is 0.631. The van der Waals surface area contributed by atoms with Crippen LogP contribution in [0.1, 0.15) is 23.2 Å². The van der Waals surface area contributed by atoms with E-state index in [-0.39, 0.29) is 6.79 Å². The first-order chi connectivity index (χ1) is 8.70. The van der Waals surface area contributed by atoms with Crippen molar-refractivity contribution in [2.75, 3.05) is 26.2 Å². The van der Waals surface area contributed by atoms with E-state index >= 15 is 0 Å². The highest BCUT2D eigenvalue weighted by atomic mass is 16.7. The predicted octanol–water partition coefficient (Wildman–Crippen LogP) is 1.82. The van der Waals surface area contributed by atoms with E-state index in [1.807, 2.05) is 0 Å². The summed E-state index contributed by atoms with van der Waals surface area (Å²) in [5, 5.41) is 0. The van der Waals surface area contributed by atoms with Gasteiger partial charge in [0.05, 0.1) is 13.7 Å². The first-order valence-electron chi connectivity index (χ1n) is 5.89. The highest BCUT2D eigenvalue weighted by molar-refractivity contribution is 5.93. The molecule has 1 aromatic carbocycles. The fraction of sp³-hybridized carbons (Fsp3) is 0.462. The van der Waals surface area contributed by atoms with Crippen LogP contribution in [-0.2, 0) is 9.47 Å². The van der Waals surface area contributed by atoms with Crippen LogP contribution in [0.15, 0.2) is 18.2 Å². The molecule has 0 aliphatic heterocycles. The minimum atomic E-state index is -0.473. The molecule has 1 saturated carbocycles. The fourth-order valence-electron chi connectivity index (χ4n) is 1.55. The van der Waals surface area contributed by atoms with Crippen LogP contribution in [0.4, 0.5) is 5.69 Å². The Kier molecular flexibility index (Phi) is 4.04. The van der Waals surface area contributed by atoms with Crippen molar-refractivity contribution in [3.8, 4) is 5.75 Å². The number of anilines is 1. The second kappa shape index (κ2) is 5.73. The normalized spacial score (nSPS) is 14.3. The van der Waals surface area contributed by atoms with Crippen LogP contribution in [0.2, 0.25) is 0 Å². The number of carbonyl (C=O) groups excluding carboxylic acids is 1. The second-order valence-electron chi connectivity index (χ2n) is 4.32. The van der Waals surface area contributed by atoms with E-state index in [0.717, 1.165) is 0 Å². The molecule has 2 N–H and O–H groups in total. The zero-order chi connectivity index (χ0) is 13.0. The zero-order valence-electron chi connectivity index (χ0n) is 10.3. The van der Waals surface area contributed by atoms with Gasteiger partial charge in [-0.3, -0.25) is 0 Å². The molecule has 1 aliphatic rings. The molecular weight excluding hydrogens is 234 g/mol. The van der Waals surface area contributed by atoms with Crippen molar-refractivity contribution in [3.05, 3.63) is 23.8 Å². The van der Waals surface area contributed by atoms with E-state index in [2.05, 4.69) is 4.74 Å². The molecule has 0 heterocycles. The number of ether oxygens (including phenoxy) is 3. The summed E-state index contributed by atoms with van der Waals surface area (Å²) in [6.07, 6.45) is 2.46. The SMILES string of the molecule is COC(=O)c1cc(N)ccc1OCOCC1CC1. The average Bonchev–Trinajstić information content (AvgIpc) is 3.19. The predicted molar refractivity (Wildman–Crippen MR) is 66.4 cm³/mol. The first kappa shape index (κ1) is 12.7. The first-order valence-corrected chi connectivity index (χ1v) is 5.89. The number of hydrogen-bond donors (Lipinski definition) is 1. The summed E-state index contributed by atoms with van der Waals surface area (Å²) in [5.41, 5.74) is 6.43. The minimum absolute atomic E-state index is 0.129. The molecule has 0 amide bonds. The van der Waals surface area contributed by atoms with Gasteiger partial charge in [-0.1, -0.05) is 0 Å². The Morgan fingerprint density at radius 2 is 2.22 bits per heavy atom. The van der Waals surface area contributed by atoms with E-state index < -0.39 is 5.97 Å². The van der Waals surface area contributed by atoms with Crippen LogP contribution in [-0.4, -0.2) is 26.5 Å². The number of benzene rings is 1. The quantitative estimate of drug-likeness (QED) is 0.361. The summed E-state index contributed by atoms with van der Waals surface area (Å²) in [7, 11) is 1.32. The molecule has 1 aliphatic carbocycles. The van der Waals surface area contributed by atoms with Crippen molar-refractivity contribution in [3.63, 3.8) is 0 Å². The molecule has 98 valence electrons. The van der Waals surface area contributed by atoms with Crippen molar-refractivity contribution in [1.29, 1.82) is 0 Å². The lowest BCUT2D eigenvalue weighted by Gasteiger charge is -2.11. The lowest BCUT2D eigenvalue weighted by Crippen LogP contribution is -2.10. The van der Waals surface area contributed by atoms with E-state index in [1.54, 1.807) is 12.1 Å². The second-order valence-corrected chi connectivity index (χ2v) is 4.32. The molecule has 5 heteroatoms. The van der Waals surface area contributed by atoms with Gasteiger partial charge in [0.25, 0.3) is 0 Å². The van der Waals surface area contributed by atoms with Crippen LogP contribution in [0.3, 0.4) is 0 Å². The molecule has 1 aromatic rings. The van der Waals surface area contributed by atoms with Gasteiger partial charge >= 0.3 is 5.97 Å². The molecule has 0 atom stereocenters. The molecule has 5 nitrogen and oxygen atoms in total. The summed E-state index contributed by atoms with van der Waals surface area (Å²) >= 11 is 0. The van der Waals surface area contributed by atoms with Gasteiger partial charge in [0, 0.05) is 5.69 Å².